The topological polar surface area (TPSA) is 54.0 Å². The molecule has 4 nitrogen and oxygen atoms in total. The molecular formula is C21H19F2N3O. The average molecular weight is 367 g/mol. The van der Waals surface area contributed by atoms with E-state index in [1.165, 1.54) is 17.8 Å². The van der Waals surface area contributed by atoms with Crippen molar-refractivity contribution in [3.63, 3.8) is 0 Å². The third-order valence-electron chi connectivity index (χ3n) is 3.98. The molecule has 3 aromatic rings. The van der Waals surface area contributed by atoms with E-state index in [4.69, 9.17) is 0 Å². The van der Waals surface area contributed by atoms with Crippen molar-refractivity contribution in [1.82, 2.24) is 10.3 Å². The van der Waals surface area contributed by atoms with Gasteiger partial charge in [0.05, 0.1) is 0 Å². The number of hydrogen-bond donors (Lipinski definition) is 2. The van der Waals surface area contributed by atoms with Gasteiger partial charge in [0.2, 0.25) is 0 Å². The molecule has 0 radical (unpaired) electrons. The molecule has 0 spiro atoms. The van der Waals surface area contributed by atoms with Crippen molar-refractivity contribution in [3.8, 4) is 0 Å². The summed E-state index contributed by atoms with van der Waals surface area (Å²) < 4.78 is 26.3. The molecule has 27 heavy (non-hydrogen) atoms. The van der Waals surface area contributed by atoms with Crippen LogP contribution in [0.1, 0.15) is 22.3 Å². The molecule has 2 N–H and O–H groups in total. The molecule has 0 aliphatic rings. The second kappa shape index (κ2) is 8.89. The van der Waals surface area contributed by atoms with E-state index >= 15 is 0 Å². The number of benzene rings is 2. The Bertz CT molecular complexity index is 916. The fourth-order valence-corrected chi connectivity index (χ4v) is 2.60. The Hall–Kier alpha value is -3.28. The van der Waals surface area contributed by atoms with Crippen molar-refractivity contribution in [2.24, 2.45) is 0 Å². The minimum atomic E-state index is -0.952. The third-order valence-corrected chi connectivity index (χ3v) is 3.98. The number of amides is 1. The van der Waals surface area contributed by atoms with E-state index < -0.39 is 11.6 Å². The van der Waals surface area contributed by atoms with Crippen LogP contribution >= 0.6 is 0 Å². The van der Waals surface area contributed by atoms with Crippen LogP contribution in [0, 0.1) is 11.6 Å². The van der Waals surface area contributed by atoms with Gasteiger partial charge in [-0.1, -0.05) is 30.3 Å². The maximum absolute atomic E-state index is 13.3. The monoisotopic (exact) mass is 367 g/mol. The Morgan fingerprint density at radius 2 is 1.78 bits per heavy atom. The highest BCUT2D eigenvalue weighted by molar-refractivity contribution is 5.94. The zero-order valence-electron chi connectivity index (χ0n) is 14.6. The maximum atomic E-state index is 13.3. The lowest BCUT2D eigenvalue weighted by molar-refractivity contribution is 0.0953. The number of carbonyl (C=O) groups is 1. The van der Waals surface area contributed by atoms with E-state index in [1.807, 2.05) is 18.2 Å². The van der Waals surface area contributed by atoms with Gasteiger partial charge in [-0.05, 0) is 42.7 Å². The number of rotatable bonds is 7. The van der Waals surface area contributed by atoms with Gasteiger partial charge < -0.3 is 10.6 Å². The summed E-state index contributed by atoms with van der Waals surface area (Å²) in [5.74, 6) is -1.71. The standard InChI is InChI=1S/C21H19F2N3O/c22-18-9-8-17(14-19(18)23)26-20-13-16(10-12-24-20)21(27)25-11-4-7-15-5-2-1-3-6-15/h1-3,5-6,8-10,12-14H,4,7,11H2,(H,24,26)(H,25,27). The molecule has 2 aromatic carbocycles. The fourth-order valence-electron chi connectivity index (χ4n) is 2.60. The van der Waals surface area contributed by atoms with E-state index in [-0.39, 0.29) is 5.91 Å². The van der Waals surface area contributed by atoms with Crippen LogP contribution < -0.4 is 10.6 Å². The van der Waals surface area contributed by atoms with Gasteiger partial charge in [-0.25, -0.2) is 13.8 Å². The van der Waals surface area contributed by atoms with Gasteiger partial charge in [-0.3, -0.25) is 4.79 Å². The first-order chi connectivity index (χ1) is 13.1. The third kappa shape index (κ3) is 5.34. The van der Waals surface area contributed by atoms with Crippen molar-refractivity contribution in [1.29, 1.82) is 0 Å². The van der Waals surface area contributed by atoms with Gasteiger partial charge in [0.1, 0.15) is 5.82 Å². The SMILES string of the molecule is O=C(NCCCc1ccccc1)c1ccnc(Nc2ccc(F)c(F)c2)c1. The van der Waals surface area contributed by atoms with Crippen LogP contribution in [0.2, 0.25) is 0 Å². The number of halogens is 2. The zero-order chi connectivity index (χ0) is 19.1. The lowest BCUT2D eigenvalue weighted by Gasteiger charge is -2.09. The van der Waals surface area contributed by atoms with Crippen molar-refractivity contribution in [2.75, 3.05) is 11.9 Å². The summed E-state index contributed by atoms with van der Waals surface area (Å²) >= 11 is 0. The Labute approximate surface area is 156 Å². The molecule has 6 heteroatoms. The predicted octanol–water partition coefficient (Wildman–Crippen LogP) is 4.47. The number of anilines is 2. The number of hydrogen-bond acceptors (Lipinski definition) is 3. The Balaban J connectivity index is 1.54. The first-order valence-corrected chi connectivity index (χ1v) is 8.62. The van der Waals surface area contributed by atoms with Crippen LogP contribution in [-0.4, -0.2) is 17.4 Å². The number of nitrogens with one attached hydrogen (secondary N) is 2. The minimum absolute atomic E-state index is 0.209. The molecule has 0 fully saturated rings. The first kappa shape index (κ1) is 18.5. The largest absolute Gasteiger partial charge is 0.352 e. The van der Waals surface area contributed by atoms with E-state index in [2.05, 4.69) is 27.8 Å². The normalized spacial score (nSPS) is 10.4. The van der Waals surface area contributed by atoms with Crippen LogP contribution in [0.5, 0.6) is 0 Å². The zero-order valence-corrected chi connectivity index (χ0v) is 14.6. The molecule has 0 unspecified atom stereocenters. The van der Waals surface area contributed by atoms with E-state index in [0.717, 1.165) is 25.0 Å². The summed E-state index contributed by atoms with van der Waals surface area (Å²) in [6, 6.07) is 16.7. The van der Waals surface area contributed by atoms with Gasteiger partial charge in [-0.15, -0.1) is 0 Å². The van der Waals surface area contributed by atoms with Gasteiger partial charge in [-0.2, -0.15) is 0 Å². The molecule has 138 valence electrons. The van der Waals surface area contributed by atoms with Crippen molar-refractivity contribution in [3.05, 3.63) is 89.6 Å². The smallest absolute Gasteiger partial charge is 0.251 e. The average Bonchev–Trinajstić information content (AvgIpc) is 2.69. The highest BCUT2D eigenvalue weighted by Crippen LogP contribution is 2.18. The molecule has 0 aliphatic heterocycles. The van der Waals surface area contributed by atoms with E-state index in [0.29, 0.717) is 23.6 Å². The van der Waals surface area contributed by atoms with Crippen molar-refractivity contribution < 1.29 is 13.6 Å². The summed E-state index contributed by atoms with van der Waals surface area (Å²) in [6.45, 7) is 0.558. The minimum Gasteiger partial charge on any atom is -0.352 e. The molecule has 1 aromatic heterocycles. The number of aromatic nitrogens is 1. The molecule has 0 aliphatic carbocycles. The van der Waals surface area contributed by atoms with Crippen molar-refractivity contribution in [2.45, 2.75) is 12.8 Å². The summed E-state index contributed by atoms with van der Waals surface area (Å²) in [6.07, 6.45) is 3.21. The lowest BCUT2D eigenvalue weighted by Crippen LogP contribution is -2.24. The quantitative estimate of drug-likeness (QED) is 0.606. The number of pyridine rings is 1. The van der Waals surface area contributed by atoms with Crippen LogP contribution in [0.4, 0.5) is 20.3 Å². The fraction of sp³-hybridized carbons (Fsp3) is 0.143. The number of aryl methyl sites for hydroxylation is 1. The molecule has 0 saturated heterocycles. The van der Waals surface area contributed by atoms with Crippen LogP contribution in [0.3, 0.4) is 0 Å². The Morgan fingerprint density at radius 1 is 0.963 bits per heavy atom. The maximum Gasteiger partial charge on any atom is 0.251 e. The highest BCUT2D eigenvalue weighted by atomic mass is 19.2. The van der Waals surface area contributed by atoms with E-state index in [9.17, 15) is 13.6 Å². The van der Waals surface area contributed by atoms with Crippen LogP contribution in [0.15, 0.2) is 66.9 Å². The Kier molecular flexibility index (Phi) is 6.10. The molecule has 0 bridgehead atoms. The Morgan fingerprint density at radius 3 is 2.56 bits per heavy atom. The molecule has 1 amide bonds. The second-order valence-electron chi connectivity index (χ2n) is 6.03. The summed E-state index contributed by atoms with van der Waals surface area (Å²) in [4.78, 5) is 16.4. The highest BCUT2D eigenvalue weighted by Gasteiger charge is 2.08. The van der Waals surface area contributed by atoms with Gasteiger partial charge in [0.25, 0.3) is 5.91 Å². The van der Waals surface area contributed by atoms with Crippen LogP contribution in [0.25, 0.3) is 0 Å². The second-order valence-corrected chi connectivity index (χ2v) is 6.03. The molecule has 3 rings (SSSR count). The molecule has 1 heterocycles. The van der Waals surface area contributed by atoms with Gasteiger partial charge in [0, 0.05) is 30.1 Å². The molecular weight excluding hydrogens is 348 g/mol. The van der Waals surface area contributed by atoms with E-state index in [1.54, 1.807) is 12.1 Å². The van der Waals surface area contributed by atoms with Crippen LogP contribution in [-0.2, 0) is 6.42 Å². The lowest BCUT2D eigenvalue weighted by atomic mass is 10.1. The number of carbonyl (C=O) groups excluding carboxylic acids is 1. The van der Waals surface area contributed by atoms with Gasteiger partial charge in [0.15, 0.2) is 11.6 Å². The number of nitrogens with zero attached hydrogens (tertiary/aromatic N) is 1. The molecule has 0 saturated carbocycles. The molecule has 0 atom stereocenters. The summed E-state index contributed by atoms with van der Waals surface area (Å²) in [5.41, 5.74) is 2.02. The first-order valence-electron chi connectivity index (χ1n) is 8.62. The summed E-state index contributed by atoms with van der Waals surface area (Å²) in [7, 11) is 0. The van der Waals surface area contributed by atoms with Crippen molar-refractivity contribution >= 4 is 17.4 Å². The summed E-state index contributed by atoms with van der Waals surface area (Å²) in [5, 5.41) is 5.73. The van der Waals surface area contributed by atoms with Gasteiger partial charge >= 0.3 is 0 Å². The predicted molar refractivity (Wildman–Crippen MR) is 101 cm³/mol.